The highest BCUT2D eigenvalue weighted by Gasteiger charge is 2.25. The molecule has 0 aliphatic rings. The third kappa shape index (κ3) is 35.8. The van der Waals surface area contributed by atoms with E-state index in [1.54, 1.807) is 0 Å². The quantitative estimate of drug-likeness (QED) is 0.0290. The van der Waals surface area contributed by atoms with Crippen molar-refractivity contribution in [1.82, 2.24) is 0 Å². The molecular weight excluding hydrogens is 613 g/mol. The van der Waals surface area contributed by atoms with E-state index in [9.17, 15) is 14.3 Å². The molecule has 276 valence electrons. The maximum Gasteiger partial charge on any atom is 0.472 e. The zero-order chi connectivity index (χ0) is 34.5. The van der Waals surface area contributed by atoms with E-state index >= 15 is 0 Å². The average Bonchev–Trinajstić information content (AvgIpc) is 3.06. The number of unbranched alkanes of at least 4 members (excludes halogenated alkanes) is 17. The molecule has 3 N–H and O–H groups in total. The third-order valence-corrected chi connectivity index (χ3v) is 8.79. The first kappa shape index (κ1) is 45.7. The first-order valence-corrected chi connectivity index (χ1v) is 20.5. The van der Waals surface area contributed by atoms with Crippen LogP contribution in [-0.4, -0.2) is 49.9 Å². The van der Waals surface area contributed by atoms with Crippen molar-refractivity contribution in [3.8, 4) is 0 Å². The molecule has 0 aliphatic carbocycles. The van der Waals surface area contributed by atoms with Crippen LogP contribution in [0.15, 0.2) is 36.5 Å². The minimum Gasteiger partial charge on any atom is -0.457 e. The number of allylic oxidation sites excluding steroid dienone is 6. The van der Waals surface area contributed by atoms with Crippen LogP contribution < -0.4 is 5.73 Å². The lowest BCUT2D eigenvalue weighted by Crippen LogP contribution is -2.28. The van der Waals surface area contributed by atoms with Crippen LogP contribution in [0.25, 0.3) is 0 Å². The predicted octanol–water partition coefficient (Wildman–Crippen LogP) is 10.7. The molecule has 9 heteroatoms. The smallest absolute Gasteiger partial charge is 0.457 e. The lowest BCUT2D eigenvalue weighted by Gasteiger charge is -2.20. The van der Waals surface area contributed by atoms with Gasteiger partial charge in [-0.05, 0) is 51.4 Å². The summed E-state index contributed by atoms with van der Waals surface area (Å²) in [4.78, 5) is 22.3. The van der Waals surface area contributed by atoms with Crippen molar-refractivity contribution in [3.63, 3.8) is 0 Å². The first-order chi connectivity index (χ1) is 22.9. The van der Waals surface area contributed by atoms with Gasteiger partial charge in [-0.15, -0.1) is 0 Å². The maximum absolute atomic E-state index is 12.5. The molecule has 0 aromatic rings. The summed E-state index contributed by atoms with van der Waals surface area (Å²) < 4.78 is 33.2. The number of hydrogen-bond donors (Lipinski definition) is 2. The first-order valence-electron chi connectivity index (χ1n) is 19.0. The molecule has 0 amide bonds. The molecule has 8 nitrogen and oxygen atoms in total. The summed E-state index contributed by atoms with van der Waals surface area (Å²) in [5.74, 6) is -0.344. The number of phosphoric ester groups is 1. The Kier molecular flexibility index (Phi) is 35.0. The van der Waals surface area contributed by atoms with Crippen LogP contribution in [0.1, 0.15) is 162 Å². The summed E-state index contributed by atoms with van der Waals surface area (Å²) in [7, 11) is -4.27. The molecule has 0 bridgehead atoms. The zero-order valence-corrected chi connectivity index (χ0v) is 31.2. The second-order valence-corrected chi connectivity index (χ2v) is 13.9. The number of phosphoric acid groups is 1. The molecule has 0 aromatic carbocycles. The molecule has 0 aromatic heterocycles. The molecule has 0 radical (unpaired) electrons. The van der Waals surface area contributed by atoms with E-state index in [0.717, 1.165) is 57.8 Å². The molecule has 2 unspecified atom stereocenters. The van der Waals surface area contributed by atoms with Crippen LogP contribution in [0.4, 0.5) is 0 Å². The van der Waals surface area contributed by atoms with Gasteiger partial charge in [-0.3, -0.25) is 13.8 Å². The van der Waals surface area contributed by atoms with E-state index < -0.39 is 13.9 Å². The van der Waals surface area contributed by atoms with Gasteiger partial charge in [0.1, 0.15) is 6.10 Å². The van der Waals surface area contributed by atoms with Gasteiger partial charge in [0.25, 0.3) is 0 Å². The monoisotopic (exact) mass is 686 g/mol. The zero-order valence-electron chi connectivity index (χ0n) is 30.3. The highest BCUT2D eigenvalue weighted by atomic mass is 31.2. The molecule has 2 atom stereocenters. The molecule has 0 saturated carbocycles. The van der Waals surface area contributed by atoms with Gasteiger partial charge in [0.05, 0.1) is 19.8 Å². The fourth-order valence-electron chi connectivity index (χ4n) is 5.00. The minimum atomic E-state index is -4.27. The molecule has 0 rings (SSSR count). The fourth-order valence-corrected chi connectivity index (χ4v) is 5.77. The Morgan fingerprint density at radius 2 is 1.13 bits per heavy atom. The minimum absolute atomic E-state index is 0.0980. The van der Waals surface area contributed by atoms with Crippen molar-refractivity contribution in [1.29, 1.82) is 0 Å². The van der Waals surface area contributed by atoms with Gasteiger partial charge in [-0.1, -0.05) is 140 Å². The molecule has 0 aliphatic heterocycles. The van der Waals surface area contributed by atoms with Gasteiger partial charge in [-0.25, -0.2) is 4.57 Å². The van der Waals surface area contributed by atoms with Crippen molar-refractivity contribution in [2.45, 2.75) is 168 Å². The predicted molar refractivity (Wildman–Crippen MR) is 196 cm³/mol. The van der Waals surface area contributed by atoms with Gasteiger partial charge in [0, 0.05) is 19.6 Å². The van der Waals surface area contributed by atoms with E-state index in [2.05, 4.69) is 50.3 Å². The van der Waals surface area contributed by atoms with Crippen molar-refractivity contribution >= 4 is 13.8 Å². The SMILES string of the molecule is CCCCC/C=C\C/C=C\C/C=C\CCCCCCCCC(=O)OC(COCCCCCCCCCCC)COP(=O)(O)OCCN. The standard InChI is InChI=1S/C38H72NO7P/c1-3-5-7-9-11-13-14-15-16-17-18-19-20-21-22-23-25-27-29-31-38(40)46-37(36-45-47(41,42)44-34-32-39)35-43-33-30-28-26-24-12-10-8-6-4-2/h11,13,15-16,18-19,37H,3-10,12,14,17,20-36,39H2,1-2H3,(H,41,42)/b13-11-,16-15-,19-18-. The Morgan fingerprint density at radius 1 is 0.638 bits per heavy atom. The lowest BCUT2D eigenvalue weighted by molar-refractivity contribution is -0.154. The molecule has 0 fully saturated rings. The summed E-state index contributed by atoms with van der Waals surface area (Å²) in [5, 5.41) is 0. The molecule has 0 saturated heterocycles. The Hall–Kier alpha value is -1.28. The topological polar surface area (TPSA) is 117 Å². The van der Waals surface area contributed by atoms with E-state index in [1.807, 2.05) is 0 Å². The normalized spacial score (nSPS) is 14.0. The second kappa shape index (κ2) is 36.0. The van der Waals surface area contributed by atoms with Crippen molar-refractivity contribution < 1.29 is 32.8 Å². The number of carbonyl (C=O) groups is 1. The maximum atomic E-state index is 12.5. The van der Waals surface area contributed by atoms with E-state index in [1.165, 1.54) is 83.5 Å². The number of ether oxygens (including phenoxy) is 2. The Bertz CT molecular complexity index is 818. The van der Waals surface area contributed by atoms with Crippen LogP contribution in [0.5, 0.6) is 0 Å². The second-order valence-electron chi connectivity index (χ2n) is 12.4. The largest absolute Gasteiger partial charge is 0.472 e. The summed E-state index contributed by atoms with van der Waals surface area (Å²) >= 11 is 0. The van der Waals surface area contributed by atoms with Gasteiger partial charge in [-0.2, -0.15) is 0 Å². The number of nitrogens with two attached hydrogens (primary N) is 1. The van der Waals surface area contributed by atoms with Crippen LogP contribution in [0.3, 0.4) is 0 Å². The molecular formula is C38H72NO7P. The van der Waals surface area contributed by atoms with Gasteiger partial charge < -0.3 is 20.1 Å². The highest BCUT2D eigenvalue weighted by Crippen LogP contribution is 2.43. The van der Waals surface area contributed by atoms with Crippen molar-refractivity contribution in [2.75, 3.05) is 33.0 Å². The Morgan fingerprint density at radius 3 is 1.72 bits per heavy atom. The van der Waals surface area contributed by atoms with E-state index in [4.69, 9.17) is 24.3 Å². The Balaban J connectivity index is 4.07. The van der Waals surface area contributed by atoms with Crippen LogP contribution in [0.2, 0.25) is 0 Å². The van der Waals surface area contributed by atoms with E-state index in [-0.39, 0.29) is 32.3 Å². The van der Waals surface area contributed by atoms with E-state index in [0.29, 0.717) is 13.0 Å². The lowest BCUT2D eigenvalue weighted by atomic mass is 10.1. The fraction of sp³-hybridized carbons (Fsp3) is 0.816. The van der Waals surface area contributed by atoms with Crippen LogP contribution in [-0.2, 0) is 27.9 Å². The number of carbonyl (C=O) groups excluding carboxylic acids is 1. The van der Waals surface area contributed by atoms with Crippen molar-refractivity contribution in [2.24, 2.45) is 5.73 Å². The summed E-state index contributed by atoms with van der Waals surface area (Å²) in [6.07, 6.45) is 38.7. The average molecular weight is 686 g/mol. The summed E-state index contributed by atoms with van der Waals surface area (Å²) in [5.41, 5.74) is 5.34. The van der Waals surface area contributed by atoms with Gasteiger partial charge in [0.2, 0.25) is 0 Å². The third-order valence-electron chi connectivity index (χ3n) is 7.81. The summed E-state index contributed by atoms with van der Waals surface area (Å²) in [6, 6.07) is 0. The number of esters is 1. The molecule has 0 spiro atoms. The summed E-state index contributed by atoms with van der Waals surface area (Å²) in [6.45, 7) is 4.86. The number of hydrogen-bond acceptors (Lipinski definition) is 7. The van der Waals surface area contributed by atoms with Crippen molar-refractivity contribution in [3.05, 3.63) is 36.5 Å². The van der Waals surface area contributed by atoms with Gasteiger partial charge >= 0.3 is 13.8 Å². The molecule has 0 heterocycles. The highest BCUT2D eigenvalue weighted by molar-refractivity contribution is 7.47. The molecule has 47 heavy (non-hydrogen) atoms. The number of rotatable bonds is 36. The van der Waals surface area contributed by atoms with Crippen LogP contribution >= 0.6 is 7.82 Å². The van der Waals surface area contributed by atoms with Crippen LogP contribution in [0, 0.1) is 0 Å². The van der Waals surface area contributed by atoms with Gasteiger partial charge in [0.15, 0.2) is 0 Å². The Labute approximate surface area is 288 Å².